The summed E-state index contributed by atoms with van der Waals surface area (Å²) in [6.45, 7) is 2.60. The van der Waals surface area contributed by atoms with Gasteiger partial charge in [0.15, 0.2) is 5.82 Å². The van der Waals surface area contributed by atoms with E-state index in [-0.39, 0.29) is 0 Å². The molecule has 0 aliphatic carbocycles. The zero-order valence-corrected chi connectivity index (χ0v) is 9.60. The van der Waals surface area contributed by atoms with Gasteiger partial charge in [-0.2, -0.15) is 0 Å². The number of hydrogen-bond acceptors (Lipinski definition) is 6. The molecular formula is C10H18N4O2. The molecule has 0 spiro atoms. The van der Waals surface area contributed by atoms with Crippen molar-refractivity contribution in [2.45, 2.75) is 18.9 Å². The topological polar surface area (TPSA) is 93.3 Å². The summed E-state index contributed by atoms with van der Waals surface area (Å²) in [7, 11) is 1.60. The highest BCUT2D eigenvalue weighted by Crippen LogP contribution is 2.15. The Hall–Kier alpha value is -1.40. The van der Waals surface area contributed by atoms with Crippen molar-refractivity contribution in [3.05, 3.63) is 12.5 Å². The number of nitrogen functional groups attached to an aromatic ring is 1. The van der Waals surface area contributed by atoms with E-state index in [1.165, 1.54) is 12.5 Å². The second kappa shape index (κ2) is 5.62. The molecule has 0 fully saturated rings. The van der Waals surface area contributed by atoms with Crippen molar-refractivity contribution in [1.82, 2.24) is 9.97 Å². The fourth-order valence-corrected chi connectivity index (χ4v) is 1.17. The minimum atomic E-state index is -0.854. The molecular weight excluding hydrogens is 208 g/mol. The molecule has 1 aromatic rings. The molecule has 0 saturated carbocycles. The average Bonchev–Trinajstić information content (AvgIpc) is 2.26. The van der Waals surface area contributed by atoms with Crippen molar-refractivity contribution in [2.75, 3.05) is 31.3 Å². The minimum absolute atomic E-state index is 0.359. The summed E-state index contributed by atoms with van der Waals surface area (Å²) in [6, 6.07) is 0. The summed E-state index contributed by atoms with van der Waals surface area (Å²) in [4.78, 5) is 7.75. The fraction of sp³-hybridized carbons (Fsp3) is 0.600. The van der Waals surface area contributed by atoms with E-state index in [0.29, 0.717) is 31.1 Å². The van der Waals surface area contributed by atoms with E-state index in [1.54, 1.807) is 14.0 Å². The van der Waals surface area contributed by atoms with Crippen LogP contribution in [0.4, 0.5) is 11.5 Å². The van der Waals surface area contributed by atoms with Gasteiger partial charge in [0, 0.05) is 26.7 Å². The molecule has 0 aliphatic heterocycles. The molecule has 6 nitrogen and oxygen atoms in total. The molecule has 4 N–H and O–H groups in total. The molecule has 0 radical (unpaired) electrons. The first kappa shape index (κ1) is 12.7. The summed E-state index contributed by atoms with van der Waals surface area (Å²) in [5.41, 5.74) is 5.27. The lowest BCUT2D eigenvalue weighted by molar-refractivity contribution is 0.0357. The highest BCUT2D eigenvalue weighted by Gasteiger charge is 2.20. The highest BCUT2D eigenvalue weighted by atomic mass is 16.5. The average molecular weight is 226 g/mol. The lowest BCUT2D eigenvalue weighted by Gasteiger charge is -2.23. The van der Waals surface area contributed by atoms with E-state index < -0.39 is 5.60 Å². The van der Waals surface area contributed by atoms with Crippen molar-refractivity contribution >= 4 is 11.5 Å². The van der Waals surface area contributed by atoms with E-state index in [2.05, 4.69) is 15.3 Å². The van der Waals surface area contributed by atoms with Crippen LogP contribution in [-0.2, 0) is 4.74 Å². The number of nitrogens with zero attached hydrogens (tertiary/aromatic N) is 2. The van der Waals surface area contributed by atoms with E-state index in [9.17, 15) is 5.11 Å². The second-order valence-electron chi connectivity index (χ2n) is 3.92. The molecule has 0 aliphatic rings. The van der Waals surface area contributed by atoms with E-state index in [1.807, 2.05) is 0 Å². The molecule has 0 saturated heterocycles. The molecule has 0 aromatic carbocycles. The molecule has 1 unspecified atom stereocenters. The van der Waals surface area contributed by atoms with Gasteiger partial charge in [0.1, 0.15) is 6.33 Å². The fourth-order valence-electron chi connectivity index (χ4n) is 1.17. The molecule has 1 heterocycles. The Morgan fingerprint density at radius 1 is 1.62 bits per heavy atom. The summed E-state index contributed by atoms with van der Waals surface area (Å²) in [5, 5.41) is 13.0. The van der Waals surface area contributed by atoms with Crippen LogP contribution in [0.15, 0.2) is 12.5 Å². The van der Waals surface area contributed by atoms with Crippen LogP contribution < -0.4 is 11.1 Å². The van der Waals surface area contributed by atoms with Gasteiger partial charge in [-0.05, 0) is 6.92 Å². The van der Waals surface area contributed by atoms with Gasteiger partial charge in [-0.3, -0.25) is 0 Å². The van der Waals surface area contributed by atoms with Gasteiger partial charge in [0.25, 0.3) is 0 Å². The van der Waals surface area contributed by atoms with Gasteiger partial charge in [-0.15, -0.1) is 0 Å². The number of aromatic nitrogens is 2. The van der Waals surface area contributed by atoms with Crippen LogP contribution in [0.25, 0.3) is 0 Å². The van der Waals surface area contributed by atoms with Crippen LogP contribution >= 0.6 is 0 Å². The first-order valence-corrected chi connectivity index (χ1v) is 5.06. The summed E-state index contributed by atoms with van der Waals surface area (Å²) in [5.74, 6) is 0.535. The van der Waals surface area contributed by atoms with Gasteiger partial charge >= 0.3 is 0 Å². The van der Waals surface area contributed by atoms with Crippen LogP contribution in [0.2, 0.25) is 0 Å². The third-order valence-corrected chi connectivity index (χ3v) is 2.22. The number of rotatable bonds is 6. The van der Waals surface area contributed by atoms with Crippen molar-refractivity contribution in [3.8, 4) is 0 Å². The van der Waals surface area contributed by atoms with Crippen molar-refractivity contribution < 1.29 is 9.84 Å². The normalized spacial score (nSPS) is 14.4. The maximum atomic E-state index is 9.97. The number of ether oxygens (including phenoxy) is 1. The summed E-state index contributed by atoms with van der Waals surface area (Å²) < 4.78 is 4.92. The SMILES string of the molecule is COCCC(C)(O)CNc1ncncc1N. The summed E-state index contributed by atoms with van der Waals surface area (Å²) in [6.07, 6.45) is 3.46. The molecule has 0 bridgehead atoms. The molecule has 0 amide bonds. The Morgan fingerprint density at radius 3 is 3.00 bits per heavy atom. The highest BCUT2D eigenvalue weighted by molar-refractivity contribution is 5.58. The van der Waals surface area contributed by atoms with Crippen LogP contribution in [0.1, 0.15) is 13.3 Å². The van der Waals surface area contributed by atoms with Crippen molar-refractivity contribution in [2.24, 2.45) is 0 Å². The van der Waals surface area contributed by atoms with E-state index >= 15 is 0 Å². The molecule has 1 aromatic heterocycles. The van der Waals surface area contributed by atoms with Crippen LogP contribution in [0.5, 0.6) is 0 Å². The first-order chi connectivity index (χ1) is 7.55. The number of anilines is 2. The minimum Gasteiger partial charge on any atom is -0.394 e. The van der Waals surface area contributed by atoms with Crippen molar-refractivity contribution in [3.63, 3.8) is 0 Å². The Labute approximate surface area is 94.9 Å². The second-order valence-corrected chi connectivity index (χ2v) is 3.92. The number of hydrogen-bond donors (Lipinski definition) is 3. The Kier molecular flexibility index (Phi) is 4.45. The van der Waals surface area contributed by atoms with E-state index in [0.717, 1.165) is 0 Å². The largest absolute Gasteiger partial charge is 0.394 e. The monoisotopic (exact) mass is 226 g/mol. The van der Waals surface area contributed by atoms with Gasteiger partial charge in [-0.25, -0.2) is 9.97 Å². The Balaban J connectivity index is 2.47. The van der Waals surface area contributed by atoms with E-state index in [4.69, 9.17) is 10.5 Å². The number of aliphatic hydroxyl groups is 1. The van der Waals surface area contributed by atoms with Gasteiger partial charge in [0.05, 0.1) is 17.5 Å². The van der Waals surface area contributed by atoms with Gasteiger partial charge in [0.2, 0.25) is 0 Å². The maximum absolute atomic E-state index is 9.97. The maximum Gasteiger partial charge on any atom is 0.152 e. The summed E-state index contributed by atoms with van der Waals surface area (Å²) >= 11 is 0. The van der Waals surface area contributed by atoms with Crippen molar-refractivity contribution in [1.29, 1.82) is 0 Å². The van der Waals surface area contributed by atoms with Crippen LogP contribution in [0.3, 0.4) is 0 Å². The molecule has 90 valence electrons. The predicted molar refractivity (Wildman–Crippen MR) is 62.1 cm³/mol. The predicted octanol–water partition coefficient (Wildman–Crippen LogP) is 0.258. The number of methoxy groups -OCH3 is 1. The van der Waals surface area contributed by atoms with Crippen LogP contribution in [-0.4, -0.2) is 40.9 Å². The lowest BCUT2D eigenvalue weighted by atomic mass is 10.0. The molecule has 1 atom stereocenters. The number of nitrogens with two attached hydrogens (primary N) is 1. The zero-order chi connectivity index (χ0) is 12.0. The third-order valence-electron chi connectivity index (χ3n) is 2.22. The Morgan fingerprint density at radius 2 is 2.38 bits per heavy atom. The Bertz CT molecular complexity index is 330. The lowest BCUT2D eigenvalue weighted by Crippen LogP contribution is -2.35. The standard InChI is InChI=1S/C10H18N4O2/c1-10(15,3-4-16-2)6-13-9-8(11)5-12-7-14-9/h5,7,15H,3-4,6,11H2,1-2H3,(H,12,13,14). The number of nitrogens with one attached hydrogen (secondary N) is 1. The molecule has 16 heavy (non-hydrogen) atoms. The third kappa shape index (κ3) is 4.00. The smallest absolute Gasteiger partial charge is 0.152 e. The first-order valence-electron chi connectivity index (χ1n) is 5.06. The molecule has 6 heteroatoms. The zero-order valence-electron chi connectivity index (χ0n) is 9.60. The molecule has 1 rings (SSSR count). The quantitative estimate of drug-likeness (QED) is 0.644. The van der Waals surface area contributed by atoms with Crippen LogP contribution in [0, 0.1) is 0 Å². The van der Waals surface area contributed by atoms with Gasteiger partial charge < -0.3 is 20.9 Å². The van der Waals surface area contributed by atoms with Gasteiger partial charge in [-0.1, -0.05) is 0 Å².